The van der Waals surface area contributed by atoms with Crippen molar-refractivity contribution >= 4 is 17.6 Å². The summed E-state index contributed by atoms with van der Waals surface area (Å²) in [6, 6.07) is 9.10. The molecule has 1 aromatic heterocycles. The second kappa shape index (κ2) is 9.87. The van der Waals surface area contributed by atoms with E-state index in [1.54, 1.807) is 42.7 Å². The van der Waals surface area contributed by atoms with E-state index in [0.29, 0.717) is 40.9 Å². The van der Waals surface area contributed by atoms with Gasteiger partial charge in [-0.05, 0) is 54.7 Å². The lowest BCUT2D eigenvalue weighted by Crippen LogP contribution is -2.42. The summed E-state index contributed by atoms with van der Waals surface area (Å²) in [5, 5.41) is 22.5. The van der Waals surface area contributed by atoms with Gasteiger partial charge in [-0.25, -0.2) is 9.18 Å². The molecule has 0 spiro atoms. The first kappa shape index (κ1) is 23.0. The zero-order chi connectivity index (χ0) is 24.4. The summed E-state index contributed by atoms with van der Waals surface area (Å²) in [6.45, 7) is 0.0609. The number of urea groups is 1. The van der Waals surface area contributed by atoms with E-state index < -0.39 is 17.9 Å². The van der Waals surface area contributed by atoms with Crippen molar-refractivity contribution in [1.82, 2.24) is 20.8 Å². The lowest BCUT2D eigenvalue weighted by Gasteiger charge is -2.23. The minimum absolute atomic E-state index is 0.154. The molecule has 0 radical (unpaired) electrons. The molecule has 1 aliphatic heterocycles. The van der Waals surface area contributed by atoms with Gasteiger partial charge in [-0.3, -0.25) is 14.8 Å². The van der Waals surface area contributed by atoms with Crippen LogP contribution < -0.4 is 15.5 Å². The predicted molar refractivity (Wildman–Crippen MR) is 130 cm³/mol. The third-order valence-corrected chi connectivity index (χ3v) is 6.84. The number of aromatic nitrogens is 2. The van der Waals surface area contributed by atoms with Crippen LogP contribution in [0.2, 0.25) is 0 Å². The molecule has 2 aromatic carbocycles. The molecule has 0 saturated heterocycles. The first-order valence-corrected chi connectivity index (χ1v) is 11.9. The number of anilines is 1. The summed E-state index contributed by atoms with van der Waals surface area (Å²) in [5.74, 6) is -0.594. The number of benzene rings is 2. The summed E-state index contributed by atoms with van der Waals surface area (Å²) in [6.07, 6.45) is 7.99. The smallest absolute Gasteiger partial charge is 0.322 e. The van der Waals surface area contributed by atoms with Gasteiger partial charge in [0.05, 0.1) is 24.5 Å². The van der Waals surface area contributed by atoms with Crippen molar-refractivity contribution in [2.24, 2.45) is 0 Å². The van der Waals surface area contributed by atoms with Gasteiger partial charge >= 0.3 is 6.03 Å². The minimum atomic E-state index is -0.708. The highest BCUT2D eigenvalue weighted by atomic mass is 19.1. The van der Waals surface area contributed by atoms with Gasteiger partial charge in [0.25, 0.3) is 5.91 Å². The molecule has 35 heavy (non-hydrogen) atoms. The number of hydrogen-bond donors (Lipinski definition) is 4. The maximum Gasteiger partial charge on any atom is 0.322 e. The molecule has 0 bridgehead atoms. The molecule has 182 valence electrons. The highest BCUT2D eigenvalue weighted by Gasteiger charge is 2.29. The number of rotatable bonds is 6. The second-order valence-corrected chi connectivity index (χ2v) is 9.11. The number of nitrogens with zero attached hydrogens (tertiary/aromatic N) is 2. The SMILES string of the molecule is O=C(NC1CCCC1)c1cccc([C@@H](CO)NC(=O)N2CCc3cc(-c4cn[nH]c4)c(F)cc32)c1. The van der Waals surface area contributed by atoms with Gasteiger partial charge in [-0.15, -0.1) is 0 Å². The average molecular weight is 478 g/mol. The minimum Gasteiger partial charge on any atom is -0.394 e. The number of amides is 3. The number of aliphatic hydroxyl groups is 1. The molecule has 8 nitrogen and oxygen atoms in total. The van der Waals surface area contributed by atoms with Crippen LogP contribution in [0.3, 0.4) is 0 Å². The molecule has 2 aliphatic rings. The van der Waals surface area contributed by atoms with E-state index in [2.05, 4.69) is 20.8 Å². The Labute approximate surface area is 202 Å². The maximum absolute atomic E-state index is 14.8. The van der Waals surface area contributed by atoms with Crippen molar-refractivity contribution in [3.8, 4) is 11.1 Å². The van der Waals surface area contributed by atoms with E-state index in [4.69, 9.17) is 0 Å². The van der Waals surface area contributed by atoms with Crippen LogP contribution in [-0.2, 0) is 6.42 Å². The summed E-state index contributed by atoms with van der Waals surface area (Å²) in [5.41, 5.74) is 3.56. The quantitative estimate of drug-likeness (QED) is 0.434. The van der Waals surface area contributed by atoms with Gasteiger partial charge in [0.15, 0.2) is 0 Å². The third kappa shape index (κ3) is 4.77. The van der Waals surface area contributed by atoms with E-state index in [1.807, 2.05) is 0 Å². The van der Waals surface area contributed by atoms with Crippen LogP contribution in [0.15, 0.2) is 48.8 Å². The molecule has 4 N–H and O–H groups in total. The monoisotopic (exact) mass is 477 g/mol. The van der Waals surface area contributed by atoms with E-state index in [-0.39, 0.29) is 18.6 Å². The molecule has 3 amide bonds. The molecular weight excluding hydrogens is 449 g/mol. The Bertz CT molecular complexity index is 1220. The van der Waals surface area contributed by atoms with Crippen molar-refractivity contribution in [1.29, 1.82) is 0 Å². The number of nitrogens with one attached hydrogen (secondary N) is 3. The summed E-state index contributed by atoms with van der Waals surface area (Å²) in [7, 11) is 0. The van der Waals surface area contributed by atoms with Crippen molar-refractivity contribution in [2.75, 3.05) is 18.1 Å². The molecule has 5 rings (SSSR count). The highest BCUT2D eigenvalue weighted by Crippen LogP contribution is 2.34. The number of fused-ring (bicyclic) bond motifs is 1. The highest BCUT2D eigenvalue weighted by molar-refractivity contribution is 5.96. The molecule has 1 fully saturated rings. The summed E-state index contributed by atoms with van der Waals surface area (Å²) in [4.78, 5) is 27.3. The van der Waals surface area contributed by atoms with Crippen LogP contribution in [0.25, 0.3) is 11.1 Å². The predicted octanol–water partition coefficient (Wildman–Crippen LogP) is 3.69. The number of hydrogen-bond acceptors (Lipinski definition) is 4. The molecule has 3 aromatic rings. The number of aliphatic hydroxyl groups excluding tert-OH is 1. The Hall–Kier alpha value is -3.72. The Morgan fingerprint density at radius 1 is 1.23 bits per heavy atom. The fourth-order valence-electron chi connectivity index (χ4n) is 4.94. The van der Waals surface area contributed by atoms with Gasteiger partial charge < -0.3 is 15.7 Å². The van der Waals surface area contributed by atoms with Gasteiger partial charge in [0, 0.05) is 35.5 Å². The third-order valence-electron chi connectivity index (χ3n) is 6.84. The second-order valence-electron chi connectivity index (χ2n) is 9.11. The van der Waals surface area contributed by atoms with Crippen LogP contribution in [-0.4, -0.2) is 46.4 Å². The maximum atomic E-state index is 14.8. The Balaban J connectivity index is 1.30. The normalized spacial score (nSPS) is 16.2. The molecule has 1 aliphatic carbocycles. The Morgan fingerprint density at radius 2 is 2.06 bits per heavy atom. The topological polar surface area (TPSA) is 110 Å². The number of H-pyrrole nitrogens is 1. The first-order valence-electron chi connectivity index (χ1n) is 11.9. The Kier molecular flexibility index (Phi) is 6.50. The van der Waals surface area contributed by atoms with Crippen LogP contribution in [0.4, 0.5) is 14.9 Å². The van der Waals surface area contributed by atoms with Gasteiger partial charge in [0.2, 0.25) is 0 Å². The molecule has 1 saturated carbocycles. The van der Waals surface area contributed by atoms with Crippen LogP contribution in [0.5, 0.6) is 0 Å². The van der Waals surface area contributed by atoms with Crippen molar-refractivity contribution in [2.45, 2.75) is 44.2 Å². The zero-order valence-electron chi connectivity index (χ0n) is 19.3. The van der Waals surface area contributed by atoms with Gasteiger partial charge in [-0.2, -0.15) is 5.10 Å². The van der Waals surface area contributed by atoms with Crippen molar-refractivity contribution < 1.29 is 19.1 Å². The first-order chi connectivity index (χ1) is 17.0. The zero-order valence-corrected chi connectivity index (χ0v) is 19.3. The van der Waals surface area contributed by atoms with Crippen molar-refractivity contribution in [3.05, 3.63) is 71.3 Å². The van der Waals surface area contributed by atoms with Crippen LogP contribution >= 0.6 is 0 Å². The lowest BCUT2D eigenvalue weighted by atomic mass is 10.0. The standard InChI is InChI=1S/C26H28FN5O3/c27-22-12-24-17(11-21(22)19-13-28-29-14-19)8-9-32(24)26(35)31-23(15-33)16-4-3-5-18(10-16)25(34)30-20-6-1-2-7-20/h3-5,10-14,20,23,33H,1-2,6-9,15H2,(H,28,29)(H,30,34)(H,31,35)/t23-/m1/s1. The molecule has 1 atom stereocenters. The number of halogens is 1. The number of aromatic amines is 1. The fourth-order valence-corrected chi connectivity index (χ4v) is 4.94. The van der Waals surface area contributed by atoms with E-state index in [0.717, 1.165) is 31.2 Å². The van der Waals surface area contributed by atoms with Gasteiger partial charge in [-0.1, -0.05) is 25.0 Å². The van der Waals surface area contributed by atoms with Crippen LogP contribution in [0, 0.1) is 5.82 Å². The summed E-state index contributed by atoms with van der Waals surface area (Å²) >= 11 is 0. The Morgan fingerprint density at radius 3 is 2.80 bits per heavy atom. The largest absolute Gasteiger partial charge is 0.394 e. The molecule has 2 heterocycles. The van der Waals surface area contributed by atoms with Crippen LogP contribution in [0.1, 0.15) is 53.2 Å². The van der Waals surface area contributed by atoms with E-state index in [9.17, 15) is 19.1 Å². The number of carbonyl (C=O) groups excluding carboxylic acids is 2. The molecule has 0 unspecified atom stereocenters. The average Bonchev–Trinajstić information content (AvgIpc) is 3.64. The van der Waals surface area contributed by atoms with E-state index >= 15 is 0 Å². The van der Waals surface area contributed by atoms with Crippen molar-refractivity contribution in [3.63, 3.8) is 0 Å². The van der Waals surface area contributed by atoms with E-state index in [1.165, 1.54) is 11.0 Å². The molecule has 9 heteroatoms. The summed E-state index contributed by atoms with van der Waals surface area (Å²) < 4.78 is 14.8. The fraction of sp³-hybridized carbons (Fsp3) is 0.346. The molecular formula is C26H28FN5O3. The number of carbonyl (C=O) groups is 2. The van der Waals surface area contributed by atoms with Gasteiger partial charge in [0.1, 0.15) is 5.82 Å². The lowest BCUT2D eigenvalue weighted by molar-refractivity contribution is 0.0937.